The lowest BCUT2D eigenvalue weighted by Crippen LogP contribution is -2.48. The number of hydrogen-bond acceptors (Lipinski definition) is 3. The third kappa shape index (κ3) is 5.08. The number of nitrogens with zero attached hydrogens (tertiary/aromatic N) is 1. The van der Waals surface area contributed by atoms with E-state index >= 15 is 0 Å². The van der Waals surface area contributed by atoms with Crippen molar-refractivity contribution in [3.63, 3.8) is 0 Å². The van der Waals surface area contributed by atoms with Gasteiger partial charge in [0.05, 0.1) is 11.9 Å². The van der Waals surface area contributed by atoms with Gasteiger partial charge in [0.25, 0.3) is 0 Å². The number of nitrogens with one attached hydrogen (secondary N) is 1. The van der Waals surface area contributed by atoms with Crippen LogP contribution in [-0.4, -0.2) is 33.2 Å². The first-order chi connectivity index (χ1) is 12.2. The maximum atomic E-state index is 12.6. The topological polar surface area (TPSA) is 66.5 Å². The molecule has 1 amide bonds. The highest BCUT2D eigenvalue weighted by Gasteiger charge is 2.29. The molecule has 0 saturated carbocycles. The fraction of sp³-hybridized carbons (Fsp3) is 0.350. The van der Waals surface area contributed by atoms with E-state index in [-0.39, 0.29) is 11.8 Å². The van der Waals surface area contributed by atoms with Crippen molar-refractivity contribution in [3.05, 3.63) is 65.7 Å². The molecule has 0 saturated heterocycles. The molecule has 6 heteroatoms. The van der Waals surface area contributed by atoms with Gasteiger partial charge in [0.1, 0.15) is 6.04 Å². The fourth-order valence-electron chi connectivity index (χ4n) is 2.80. The van der Waals surface area contributed by atoms with Crippen LogP contribution in [0, 0.1) is 6.92 Å². The molecule has 5 nitrogen and oxygen atoms in total. The Morgan fingerprint density at radius 2 is 1.62 bits per heavy atom. The van der Waals surface area contributed by atoms with Crippen molar-refractivity contribution in [2.24, 2.45) is 0 Å². The predicted octanol–water partition coefficient (Wildman–Crippen LogP) is 3.07. The minimum absolute atomic E-state index is 0.137. The maximum Gasteiger partial charge on any atom is 0.243 e. The summed E-state index contributed by atoms with van der Waals surface area (Å²) in [6.07, 6.45) is 1.11. The van der Waals surface area contributed by atoms with Gasteiger partial charge in [0, 0.05) is 6.54 Å². The molecule has 2 aromatic rings. The van der Waals surface area contributed by atoms with Gasteiger partial charge in [0.15, 0.2) is 0 Å². The Kier molecular flexibility index (Phi) is 6.42. The number of sulfonamides is 1. The standard InChI is InChI=1S/C20H26N2O3S/c1-15-10-12-19(13-11-15)22(26(4,24)25)17(3)20(23)21-14-16(2)18-8-6-5-7-9-18/h5-13,16-17H,14H2,1-4H3,(H,21,23). The molecule has 140 valence electrons. The summed E-state index contributed by atoms with van der Waals surface area (Å²) in [5.74, 6) is -0.183. The van der Waals surface area contributed by atoms with Crippen LogP contribution in [0.5, 0.6) is 0 Å². The largest absolute Gasteiger partial charge is 0.354 e. The summed E-state index contributed by atoms with van der Waals surface area (Å²) in [6.45, 7) is 5.99. The average molecular weight is 375 g/mol. The number of carbonyl (C=O) groups excluding carboxylic acids is 1. The molecule has 2 aromatic carbocycles. The molecule has 0 aliphatic heterocycles. The number of hydrogen-bond donors (Lipinski definition) is 1. The summed E-state index contributed by atoms with van der Waals surface area (Å²) < 4.78 is 25.7. The molecule has 0 bridgehead atoms. The summed E-state index contributed by atoms with van der Waals surface area (Å²) in [5.41, 5.74) is 2.63. The van der Waals surface area contributed by atoms with Crippen molar-refractivity contribution in [3.8, 4) is 0 Å². The van der Waals surface area contributed by atoms with E-state index in [2.05, 4.69) is 5.32 Å². The lowest BCUT2D eigenvalue weighted by atomic mass is 10.0. The maximum absolute atomic E-state index is 12.6. The van der Waals surface area contributed by atoms with Crippen molar-refractivity contribution in [2.75, 3.05) is 17.1 Å². The molecule has 0 aliphatic carbocycles. The minimum Gasteiger partial charge on any atom is -0.354 e. The Morgan fingerprint density at radius 1 is 1.04 bits per heavy atom. The Morgan fingerprint density at radius 3 is 2.15 bits per heavy atom. The van der Waals surface area contributed by atoms with Gasteiger partial charge in [-0.25, -0.2) is 8.42 Å². The highest BCUT2D eigenvalue weighted by atomic mass is 32.2. The Balaban J connectivity index is 2.11. The lowest BCUT2D eigenvalue weighted by Gasteiger charge is -2.28. The molecular formula is C20H26N2O3S. The highest BCUT2D eigenvalue weighted by molar-refractivity contribution is 7.92. The second kappa shape index (κ2) is 8.36. The SMILES string of the molecule is Cc1ccc(N(C(C)C(=O)NCC(C)c2ccccc2)S(C)(=O)=O)cc1. The third-order valence-corrected chi connectivity index (χ3v) is 5.57. The monoisotopic (exact) mass is 374 g/mol. The van der Waals surface area contributed by atoms with Crippen LogP contribution in [0.25, 0.3) is 0 Å². The van der Waals surface area contributed by atoms with E-state index in [4.69, 9.17) is 0 Å². The van der Waals surface area contributed by atoms with Crippen LogP contribution in [0.3, 0.4) is 0 Å². The number of benzene rings is 2. The van der Waals surface area contributed by atoms with E-state index in [1.54, 1.807) is 19.1 Å². The Bertz CT molecular complexity index is 833. The second-order valence-corrected chi connectivity index (χ2v) is 8.49. The Labute approximate surface area is 156 Å². The van der Waals surface area contributed by atoms with E-state index in [0.29, 0.717) is 12.2 Å². The zero-order valence-corrected chi connectivity index (χ0v) is 16.5. The number of rotatable bonds is 7. The second-order valence-electron chi connectivity index (χ2n) is 6.63. The van der Waals surface area contributed by atoms with Gasteiger partial charge in [0.2, 0.25) is 15.9 Å². The van der Waals surface area contributed by atoms with Crippen LogP contribution in [0.1, 0.15) is 30.9 Å². The zero-order valence-electron chi connectivity index (χ0n) is 15.6. The van der Waals surface area contributed by atoms with Crippen LogP contribution in [0.15, 0.2) is 54.6 Å². The van der Waals surface area contributed by atoms with Gasteiger partial charge in [-0.2, -0.15) is 0 Å². The van der Waals surface area contributed by atoms with Crippen LogP contribution < -0.4 is 9.62 Å². The molecule has 0 aliphatic rings. The summed E-state index contributed by atoms with van der Waals surface area (Å²) >= 11 is 0. The normalized spacial score (nSPS) is 13.7. The highest BCUT2D eigenvalue weighted by Crippen LogP contribution is 2.21. The molecule has 26 heavy (non-hydrogen) atoms. The van der Waals surface area contributed by atoms with Crippen LogP contribution in [0.2, 0.25) is 0 Å². The van der Waals surface area contributed by atoms with Crippen molar-refractivity contribution >= 4 is 21.6 Å². The molecule has 0 radical (unpaired) electrons. The van der Waals surface area contributed by atoms with Crippen molar-refractivity contribution in [1.29, 1.82) is 0 Å². The van der Waals surface area contributed by atoms with Crippen molar-refractivity contribution in [2.45, 2.75) is 32.7 Å². The van der Waals surface area contributed by atoms with Gasteiger partial charge < -0.3 is 5.32 Å². The summed E-state index contributed by atoms with van der Waals surface area (Å²) in [7, 11) is -3.59. The quantitative estimate of drug-likeness (QED) is 0.810. The average Bonchev–Trinajstić information content (AvgIpc) is 2.60. The number of carbonyl (C=O) groups is 1. The molecule has 2 rings (SSSR count). The molecule has 2 unspecified atom stereocenters. The Hall–Kier alpha value is -2.34. The third-order valence-electron chi connectivity index (χ3n) is 4.33. The molecule has 0 heterocycles. The van der Waals surface area contributed by atoms with Crippen LogP contribution >= 0.6 is 0 Å². The molecular weight excluding hydrogens is 348 g/mol. The number of amides is 1. The van der Waals surface area contributed by atoms with E-state index in [0.717, 1.165) is 21.7 Å². The fourth-order valence-corrected chi connectivity index (χ4v) is 3.98. The summed E-state index contributed by atoms with van der Waals surface area (Å²) in [4.78, 5) is 12.6. The lowest BCUT2D eigenvalue weighted by molar-refractivity contribution is -0.121. The molecule has 0 spiro atoms. The first-order valence-electron chi connectivity index (χ1n) is 8.59. The smallest absolute Gasteiger partial charge is 0.243 e. The summed E-state index contributed by atoms with van der Waals surface area (Å²) in [5, 5.41) is 2.87. The van der Waals surface area contributed by atoms with E-state index in [1.807, 2.05) is 56.3 Å². The van der Waals surface area contributed by atoms with Crippen LogP contribution in [0.4, 0.5) is 5.69 Å². The zero-order chi connectivity index (χ0) is 19.3. The van der Waals surface area contributed by atoms with E-state index in [1.165, 1.54) is 0 Å². The number of aryl methyl sites for hydroxylation is 1. The first kappa shape index (κ1) is 20.0. The van der Waals surface area contributed by atoms with E-state index < -0.39 is 16.1 Å². The minimum atomic E-state index is -3.59. The molecule has 1 N–H and O–H groups in total. The van der Waals surface area contributed by atoms with Gasteiger partial charge in [-0.1, -0.05) is 55.0 Å². The van der Waals surface area contributed by atoms with Gasteiger partial charge in [-0.05, 0) is 37.5 Å². The number of anilines is 1. The van der Waals surface area contributed by atoms with E-state index in [9.17, 15) is 13.2 Å². The van der Waals surface area contributed by atoms with Gasteiger partial charge in [-0.3, -0.25) is 9.10 Å². The van der Waals surface area contributed by atoms with Crippen LogP contribution in [-0.2, 0) is 14.8 Å². The van der Waals surface area contributed by atoms with Crippen molar-refractivity contribution in [1.82, 2.24) is 5.32 Å². The van der Waals surface area contributed by atoms with Gasteiger partial charge >= 0.3 is 0 Å². The molecule has 0 aromatic heterocycles. The van der Waals surface area contributed by atoms with Gasteiger partial charge in [-0.15, -0.1) is 0 Å². The predicted molar refractivity (Wildman–Crippen MR) is 106 cm³/mol. The molecule has 0 fully saturated rings. The first-order valence-corrected chi connectivity index (χ1v) is 10.4. The summed E-state index contributed by atoms with van der Waals surface area (Å²) in [6, 6.07) is 16.1. The van der Waals surface area contributed by atoms with Crippen molar-refractivity contribution < 1.29 is 13.2 Å². The molecule has 2 atom stereocenters.